The Balaban J connectivity index is 2.74. The van der Waals surface area contributed by atoms with Gasteiger partial charge in [0.2, 0.25) is 0 Å². The molecule has 0 fully saturated rings. The summed E-state index contributed by atoms with van der Waals surface area (Å²) in [7, 11) is 2.01. The molecule has 0 aliphatic carbocycles. The summed E-state index contributed by atoms with van der Waals surface area (Å²) < 4.78 is 38.3. The molecule has 2 rings (SSSR count). The zero-order valence-corrected chi connectivity index (χ0v) is 17.7. The van der Waals surface area contributed by atoms with Crippen molar-refractivity contribution in [3.05, 3.63) is 45.7 Å². The van der Waals surface area contributed by atoms with Gasteiger partial charge in [-0.05, 0) is 52.9 Å². The van der Waals surface area contributed by atoms with E-state index in [4.69, 9.17) is 4.74 Å². The normalized spacial score (nSPS) is 11.9. The van der Waals surface area contributed by atoms with Crippen molar-refractivity contribution < 1.29 is 22.7 Å². The number of carbonyl (C=O) groups is 1. The fourth-order valence-corrected chi connectivity index (χ4v) is 4.16. The number of nitrogens with zero attached hydrogens (tertiary/aromatic N) is 2. The highest BCUT2D eigenvalue weighted by atomic mass is 127. The van der Waals surface area contributed by atoms with Crippen LogP contribution in [-0.2, 0) is 19.7 Å². The lowest BCUT2D eigenvalue weighted by atomic mass is 10.1. The summed E-state index contributed by atoms with van der Waals surface area (Å²) in [5, 5.41) is 0. The van der Waals surface area contributed by atoms with Crippen molar-refractivity contribution in [2.24, 2.45) is 0 Å². The van der Waals surface area contributed by atoms with E-state index in [2.05, 4.69) is 4.74 Å². The van der Waals surface area contributed by atoms with Gasteiger partial charge in [0.25, 0.3) is 0 Å². The first-order chi connectivity index (χ1) is 12.2. The standard InChI is InChI=1S/C17H19IN2O5S/c1-19(2)26(22,23)20-11-15(18)14(9-10-16(21)25-4)17(20)12-5-7-13(24-3)8-6-12/h5-11H,1-4H3/b10-9+. The van der Waals surface area contributed by atoms with Crippen LogP contribution in [0, 0.1) is 3.57 Å². The lowest BCUT2D eigenvalue weighted by Gasteiger charge is -2.16. The lowest BCUT2D eigenvalue weighted by molar-refractivity contribution is -0.134. The predicted octanol–water partition coefficient (Wildman–Crippen LogP) is 2.61. The summed E-state index contributed by atoms with van der Waals surface area (Å²) in [6.07, 6.45) is 4.33. The van der Waals surface area contributed by atoms with Crippen molar-refractivity contribution in [2.45, 2.75) is 0 Å². The molecule has 0 bridgehead atoms. The highest BCUT2D eigenvalue weighted by Crippen LogP contribution is 2.33. The van der Waals surface area contributed by atoms with Crippen LogP contribution in [0.3, 0.4) is 0 Å². The van der Waals surface area contributed by atoms with Crippen LogP contribution in [0.25, 0.3) is 17.3 Å². The van der Waals surface area contributed by atoms with E-state index in [9.17, 15) is 13.2 Å². The first-order valence-corrected chi connectivity index (χ1v) is 9.94. The second-order valence-corrected chi connectivity index (χ2v) is 8.59. The van der Waals surface area contributed by atoms with Crippen LogP contribution < -0.4 is 4.74 Å². The molecule has 0 aliphatic rings. The molecule has 1 aromatic heterocycles. The zero-order valence-electron chi connectivity index (χ0n) is 14.8. The average molecular weight is 490 g/mol. The highest BCUT2D eigenvalue weighted by Gasteiger charge is 2.25. The van der Waals surface area contributed by atoms with E-state index in [1.165, 1.54) is 37.5 Å². The number of hydrogen-bond acceptors (Lipinski definition) is 5. The zero-order chi connectivity index (χ0) is 19.5. The first kappa shape index (κ1) is 20.5. The van der Waals surface area contributed by atoms with Crippen LogP contribution in [0.1, 0.15) is 5.56 Å². The molecule has 1 heterocycles. The number of rotatable bonds is 6. The third-order valence-electron chi connectivity index (χ3n) is 3.62. The van der Waals surface area contributed by atoms with Gasteiger partial charge in [0, 0.05) is 41.1 Å². The number of esters is 1. The maximum absolute atomic E-state index is 12.8. The van der Waals surface area contributed by atoms with Crippen molar-refractivity contribution in [3.63, 3.8) is 0 Å². The van der Waals surface area contributed by atoms with Crippen LogP contribution in [0.15, 0.2) is 36.5 Å². The van der Waals surface area contributed by atoms with Crippen molar-refractivity contribution in [3.8, 4) is 17.0 Å². The second kappa shape index (κ2) is 8.23. The average Bonchev–Trinajstić information content (AvgIpc) is 2.96. The van der Waals surface area contributed by atoms with Gasteiger partial charge in [-0.2, -0.15) is 12.7 Å². The predicted molar refractivity (Wildman–Crippen MR) is 108 cm³/mol. The van der Waals surface area contributed by atoms with Crippen LogP contribution >= 0.6 is 22.6 Å². The molecule has 0 saturated carbocycles. The van der Waals surface area contributed by atoms with Gasteiger partial charge in [0.15, 0.2) is 0 Å². The molecule has 0 radical (unpaired) electrons. The molecule has 0 unspecified atom stereocenters. The Morgan fingerprint density at radius 2 is 1.81 bits per heavy atom. The lowest BCUT2D eigenvalue weighted by Crippen LogP contribution is -2.28. The summed E-state index contributed by atoms with van der Waals surface area (Å²) in [5.74, 6) is 0.133. The minimum absolute atomic E-state index is 0.450. The molecule has 0 amide bonds. The molecular formula is C17H19IN2O5S. The molecule has 0 N–H and O–H groups in total. The molecule has 2 aromatic rings. The van der Waals surface area contributed by atoms with E-state index < -0.39 is 16.2 Å². The Labute approximate surface area is 166 Å². The van der Waals surface area contributed by atoms with E-state index in [0.717, 1.165) is 4.31 Å². The molecule has 140 valence electrons. The van der Waals surface area contributed by atoms with Crippen LogP contribution in [0.2, 0.25) is 0 Å². The van der Waals surface area contributed by atoms with E-state index >= 15 is 0 Å². The molecule has 0 saturated heterocycles. The summed E-state index contributed by atoms with van der Waals surface area (Å²) >= 11 is 2.04. The quantitative estimate of drug-likeness (QED) is 0.354. The van der Waals surface area contributed by atoms with Crippen LogP contribution in [0.5, 0.6) is 5.75 Å². The molecule has 26 heavy (non-hydrogen) atoms. The number of halogens is 1. The highest BCUT2D eigenvalue weighted by molar-refractivity contribution is 14.1. The summed E-state index contributed by atoms with van der Waals surface area (Å²) in [6.45, 7) is 0. The maximum atomic E-state index is 12.8. The van der Waals surface area contributed by atoms with Gasteiger partial charge in [0.05, 0.1) is 19.9 Å². The van der Waals surface area contributed by atoms with Crippen LogP contribution in [0.4, 0.5) is 0 Å². The van der Waals surface area contributed by atoms with E-state index in [0.29, 0.717) is 26.1 Å². The molecule has 0 atom stereocenters. The number of aromatic nitrogens is 1. The van der Waals surface area contributed by atoms with Gasteiger partial charge in [-0.15, -0.1) is 0 Å². The number of methoxy groups -OCH3 is 2. The molecule has 0 aliphatic heterocycles. The summed E-state index contributed by atoms with van der Waals surface area (Å²) in [6, 6.07) is 7.02. The summed E-state index contributed by atoms with van der Waals surface area (Å²) in [5.41, 5.74) is 1.72. The largest absolute Gasteiger partial charge is 0.497 e. The maximum Gasteiger partial charge on any atom is 0.330 e. The third kappa shape index (κ3) is 4.10. The van der Waals surface area contributed by atoms with Crippen molar-refractivity contribution >= 4 is 44.8 Å². The molecule has 9 heteroatoms. The van der Waals surface area contributed by atoms with Crippen molar-refractivity contribution in [1.82, 2.24) is 8.28 Å². The fourth-order valence-electron chi connectivity index (χ4n) is 2.24. The SMILES string of the molecule is COC(=O)/C=C/c1c(I)cn(S(=O)(=O)N(C)C)c1-c1ccc(OC)cc1. The first-order valence-electron chi connectivity index (χ1n) is 7.46. The van der Waals surface area contributed by atoms with Gasteiger partial charge in [-0.3, -0.25) is 0 Å². The fraction of sp³-hybridized carbons (Fsp3) is 0.235. The van der Waals surface area contributed by atoms with Gasteiger partial charge in [-0.1, -0.05) is 0 Å². The molecule has 1 aromatic carbocycles. The molecular weight excluding hydrogens is 471 g/mol. The van der Waals surface area contributed by atoms with Crippen molar-refractivity contribution in [1.29, 1.82) is 0 Å². The van der Waals surface area contributed by atoms with Gasteiger partial charge in [0.1, 0.15) is 5.75 Å². The Morgan fingerprint density at radius 1 is 1.19 bits per heavy atom. The van der Waals surface area contributed by atoms with Gasteiger partial charge in [-0.25, -0.2) is 8.77 Å². The Hall–Kier alpha value is -1.85. The third-order valence-corrected chi connectivity index (χ3v) is 6.19. The Kier molecular flexibility index (Phi) is 6.48. The topological polar surface area (TPSA) is 77.8 Å². The van der Waals surface area contributed by atoms with Crippen LogP contribution in [-0.4, -0.2) is 51.0 Å². The molecule has 7 nitrogen and oxygen atoms in total. The monoisotopic (exact) mass is 490 g/mol. The second-order valence-electron chi connectivity index (χ2n) is 5.41. The Morgan fingerprint density at radius 3 is 2.31 bits per heavy atom. The molecule has 0 spiro atoms. The number of hydrogen-bond donors (Lipinski definition) is 0. The van der Waals surface area contributed by atoms with E-state index in [1.807, 2.05) is 22.6 Å². The van der Waals surface area contributed by atoms with Gasteiger partial charge < -0.3 is 9.47 Å². The number of benzene rings is 1. The van der Waals surface area contributed by atoms with E-state index in [-0.39, 0.29) is 0 Å². The van der Waals surface area contributed by atoms with Crippen molar-refractivity contribution in [2.75, 3.05) is 28.3 Å². The number of carbonyl (C=O) groups excluding carboxylic acids is 1. The minimum atomic E-state index is -3.75. The Bertz CT molecular complexity index is 931. The smallest absolute Gasteiger partial charge is 0.330 e. The van der Waals surface area contributed by atoms with Gasteiger partial charge >= 0.3 is 16.2 Å². The summed E-state index contributed by atoms with van der Waals surface area (Å²) in [4.78, 5) is 11.5. The van der Waals surface area contributed by atoms with E-state index in [1.54, 1.807) is 37.5 Å². The minimum Gasteiger partial charge on any atom is -0.497 e. The number of ether oxygens (including phenoxy) is 2.